The lowest BCUT2D eigenvalue weighted by Crippen LogP contribution is -2.16. The Morgan fingerprint density at radius 2 is 1.84 bits per heavy atom. The van der Waals surface area contributed by atoms with Gasteiger partial charge in [0.05, 0.1) is 0 Å². The first kappa shape index (κ1) is 13.3. The molecule has 0 aliphatic rings. The van der Waals surface area contributed by atoms with Crippen molar-refractivity contribution in [3.8, 4) is 0 Å². The summed E-state index contributed by atoms with van der Waals surface area (Å²) >= 11 is 0. The molecule has 1 N–H and O–H groups in total. The molecule has 1 aromatic heterocycles. The van der Waals surface area contributed by atoms with Crippen LogP contribution in [0.5, 0.6) is 0 Å². The number of nitrogens with zero attached hydrogens (tertiary/aromatic N) is 2. The maximum absolute atomic E-state index is 13.0. The van der Waals surface area contributed by atoms with Gasteiger partial charge in [-0.25, -0.2) is 9.37 Å². The number of rotatable bonds is 5. The van der Waals surface area contributed by atoms with Gasteiger partial charge in [-0.1, -0.05) is 0 Å². The fraction of sp³-hybridized carbons (Fsp3) is 0.267. The van der Waals surface area contributed by atoms with E-state index in [0.717, 1.165) is 30.3 Å². The van der Waals surface area contributed by atoms with Gasteiger partial charge in [0.1, 0.15) is 11.6 Å². The number of hydrogen-bond acceptors (Lipinski definition) is 3. The Kier molecular flexibility index (Phi) is 4.34. The van der Waals surface area contributed by atoms with Gasteiger partial charge in [0.25, 0.3) is 0 Å². The Morgan fingerprint density at radius 3 is 2.47 bits per heavy atom. The smallest absolute Gasteiger partial charge is 0.127 e. The quantitative estimate of drug-likeness (QED) is 0.885. The first-order chi connectivity index (χ1) is 9.24. The Balaban J connectivity index is 2.30. The Hall–Kier alpha value is -2.10. The normalized spacial score (nSPS) is 10.3. The fourth-order valence-corrected chi connectivity index (χ4v) is 2.00. The van der Waals surface area contributed by atoms with E-state index in [1.807, 2.05) is 19.1 Å². The number of halogens is 1. The van der Waals surface area contributed by atoms with Crippen molar-refractivity contribution in [2.75, 3.05) is 23.3 Å². The zero-order chi connectivity index (χ0) is 13.7. The average Bonchev–Trinajstić information content (AvgIpc) is 2.43. The number of hydrogen-bond donors (Lipinski definition) is 1. The summed E-state index contributed by atoms with van der Waals surface area (Å²) in [7, 11) is 0. The average molecular weight is 259 g/mol. The van der Waals surface area contributed by atoms with Crippen LogP contribution >= 0.6 is 0 Å². The van der Waals surface area contributed by atoms with Crippen LogP contribution in [0.2, 0.25) is 0 Å². The summed E-state index contributed by atoms with van der Waals surface area (Å²) < 4.78 is 13.0. The third-order valence-electron chi connectivity index (χ3n) is 2.87. The Bertz CT molecular complexity index is 525. The Labute approximate surface area is 113 Å². The topological polar surface area (TPSA) is 28.2 Å². The summed E-state index contributed by atoms with van der Waals surface area (Å²) in [4.78, 5) is 6.37. The maximum Gasteiger partial charge on any atom is 0.127 e. The molecular formula is C15H18FN3. The van der Waals surface area contributed by atoms with Gasteiger partial charge < -0.3 is 10.2 Å². The van der Waals surface area contributed by atoms with Crippen molar-refractivity contribution < 1.29 is 4.39 Å². The van der Waals surface area contributed by atoms with Crippen LogP contribution < -0.4 is 10.2 Å². The molecule has 19 heavy (non-hydrogen) atoms. The zero-order valence-electron chi connectivity index (χ0n) is 11.2. The second-order valence-corrected chi connectivity index (χ2v) is 4.15. The van der Waals surface area contributed by atoms with Crippen LogP contribution in [0, 0.1) is 5.82 Å². The standard InChI is InChI=1S/C15H18FN3/c1-3-17-15-11-14(9-10-18-15)19(4-2)13-7-5-12(16)6-8-13/h5-11H,3-4H2,1-2H3,(H,17,18). The summed E-state index contributed by atoms with van der Waals surface area (Å²) in [6.45, 7) is 5.74. The van der Waals surface area contributed by atoms with Gasteiger partial charge in [0.15, 0.2) is 0 Å². The van der Waals surface area contributed by atoms with Gasteiger partial charge in [-0.05, 0) is 44.2 Å². The molecule has 0 bridgehead atoms. The maximum atomic E-state index is 13.0. The van der Waals surface area contributed by atoms with E-state index in [1.165, 1.54) is 12.1 Å². The lowest BCUT2D eigenvalue weighted by molar-refractivity contribution is 0.628. The predicted molar refractivity (Wildman–Crippen MR) is 77.5 cm³/mol. The number of pyridine rings is 1. The van der Waals surface area contributed by atoms with Crippen LogP contribution in [0.4, 0.5) is 21.6 Å². The number of benzene rings is 1. The molecule has 2 rings (SSSR count). The van der Waals surface area contributed by atoms with Crippen molar-refractivity contribution in [3.63, 3.8) is 0 Å². The highest BCUT2D eigenvalue weighted by molar-refractivity contribution is 5.65. The molecular weight excluding hydrogens is 241 g/mol. The summed E-state index contributed by atoms with van der Waals surface area (Å²) in [5.41, 5.74) is 2.01. The third-order valence-corrected chi connectivity index (χ3v) is 2.87. The van der Waals surface area contributed by atoms with Gasteiger partial charge >= 0.3 is 0 Å². The highest BCUT2D eigenvalue weighted by Gasteiger charge is 2.08. The molecule has 0 atom stereocenters. The van der Waals surface area contributed by atoms with E-state index in [0.29, 0.717) is 0 Å². The molecule has 0 saturated carbocycles. The number of aromatic nitrogens is 1. The van der Waals surface area contributed by atoms with E-state index < -0.39 is 0 Å². The lowest BCUT2D eigenvalue weighted by Gasteiger charge is -2.23. The van der Waals surface area contributed by atoms with Crippen LogP contribution in [-0.2, 0) is 0 Å². The van der Waals surface area contributed by atoms with E-state index in [1.54, 1.807) is 18.3 Å². The highest BCUT2D eigenvalue weighted by atomic mass is 19.1. The molecule has 0 fully saturated rings. The lowest BCUT2D eigenvalue weighted by atomic mass is 10.2. The Morgan fingerprint density at radius 1 is 1.11 bits per heavy atom. The first-order valence-corrected chi connectivity index (χ1v) is 6.47. The molecule has 0 amide bonds. The van der Waals surface area contributed by atoms with Gasteiger partial charge in [-0.2, -0.15) is 0 Å². The molecule has 0 saturated heterocycles. The highest BCUT2D eigenvalue weighted by Crippen LogP contribution is 2.26. The second-order valence-electron chi connectivity index (χ2n) is 4.15. The molecule has 0 aliphatic heterocycles. The van der Waals surface area contributed by atoms with Crippen molar-refractivity contribution in [2.45, 2.75) is 13.8 Å². The summed E-state index contributed by atoms with van der Waals surface area (Å²) in [5, 5.41) is 3.19. The van der Waals surface area contributed by atoms with E-state index in [-0.39, 0.29) is 5.82 Å². The summed E-state index contributed by atoms with van der Waals surface area (Å²) in [6.07, 6.45) is 1.78. The van der Waals surface area contributed by atoms with Crippen molar-refractivity contribution in [2.24, 2.45) is 0 Å². The monoisotopic (exact) mass is 259 g/mol. The van der Waals surface area contributed by atoms with Gasteiger partial charge in [-0.15, -0.1) is 0 Å². The van der Waals surface area contributed by atoms with Crippen LogP contribution in [0.15, 0.2) is 42.6 Å². The fourth-order valence-electron chi connectivity index (χ4n) is 2.00. The first-order valence-electron chi connectivity index (χ1n) is 6.47. The van der Waals surface area contributed by atoms with Gasteiger partial charge in [-0.3, -0.25) is 0 Å². The van der Waals surface area contributed by atoms with E-state index in [2.05, 4.69) is 22.1 Å². The minimum Gasteiger partial charge on any atom is -0.370 e. The van der Waals surface area contributed by atoms with Crippen LogP contribution in [0.1, 0.15) is 13.8 Å². The predicted octanol–water partition coefficient (Wildman–Crippen LogP) is 3.81. The molecule has 1 heterocycles. The molecule has 0 spiro atoms. The third kappa shape index (κ3) is 3.22. The molecule has 0 aliphatic carbocycles. The summed E-state index contributed by atoms with van der Waals surface area (Å²) in [5.74, 6) is 0.628. The molecule has 3 nitrogen and oxygen atoms in total. The largest absolute Gasteiger partial charge is 0.370 e. The number of anilines is 3. The molecule has 0 radical (unpaired) electrons. The zero-order valence-corrected chi connectivity index (χ0v) is 11.2. The van der Waals surface area contributed by atoms with Crippen LogP contribution in [0.25, 0.3) is 0 Å². The van der Waals surface area contributed by atoms with Crippen molar-refractivity contribution in [3.05, 3.63) is 48.4 Å². The van der Waals surface area contributed by atoms with Crippen LogP contribution in [0.3, 0.4) is 0 Å². The van der Waals surface area contributed by atoms with Crippen molar-refractivity contribution >= 4 is 17.2 Å². The summed E-state index contributed by atoms with van der Waals surface area (Å²) in [6, 6.07) is 10.5. The molecule has 100 valence electrons. The van der Waals surface area contributed by atoms with E-state index in [4.69, 9.17) is 0 Å². The van der Waals surface area contributed by atoms with Crippen molar-refractivity contribution in [1.82, 2.24) is 4.98 Å². The molecule has 4 heteroatoms. The number of nitrogens with one attached hydrogen (secondary N) is 1. The van der Waals surface area contributed by atoms with Crippen molar-refractivity contribution in [1.29, 1.82) is 0 Å². The van der Waals surface area contributed by atoms with E-state index >= 15 is 0 Å². The van der Waals surface area contributed by atoms with Crippen LogP contribution in [-0.4, -0.2) is 18.1 Å². The minimum atomic E-state index is -0.220. The molecule has 2 aromatic rings. The van der Waals surface area contributed by atoms with E-state index in [9.17, 15) is 4.39 Å². The minimum absolute atomic E-state index is 0.220. The van der Waals surface area contributed by atoms with Gasteiger partial charge in [0.2, 0.25) is 0 Å². The molecule has 1 aromatic carbocycles. The molecule has 0 unspecified atom stereocenters. The van der Waals surface area contributed by atoms with Gasteiger partial charge in [0, 0.05) is 36.7 Å². The SMILES string of the molecule is CCNc1cc(N(CC)c2ccc(F)cc2)ccn1. The second kappa shape index (κ2) is 6.18.